The number of carbonyl (C=O) groups is 2. The zero-order valence-electron chi connectivity index (χ0n) is 16.1. The monoisotopic (exact) mass is 425 g/mol. The minimum atomic E-state index is -0.460. The SMILES string of the molecule is CCOC(=O)c1c(-c2ccc(C)cc2)csc1NC(=O)C=Cc1cccc(Cl)c1. The Morgan fingerprint density at radius 1 is 1.17 bits per heavy atom. The third-order valence-electron chi connectivity index (χ3n) is 4.15. The molecule has 1 N–H and O–H groups in total. The molecule has 0 unspecified atom stereocenters. The summed E-state index contributed by atoms with van der Waals surface area (Å²) in [5.41, 5.74) is 3.93. The number of benzene rings is 2. The number of hydrogen-bond acceptors (Lipinski definition) is 4. The number of rotatable bonds is 6. The molecular formula is C23H20ClNO3S. The van der Waals surface area contributed by atoms with Crippen LogP contribution in [-0.4, -0.2) is 18.5 Å². The summed E-state index contributed by atoms with van der Waals surface area (Å²) >= 11 is 7.26. The van der Waals surface area contributed by atoms with Crippen LogP contribution in [0.25, 0.3) is 17.2 Å². The summed E-state index contributed by atoms with van der Waals surface area (Å²) in [5, 5.41) is 5.70. The van der Waals surface area contributed by atoms with Crippen molar-refractivity contribution in [1.29, 1.82) is 0 Å². The lowest BCUT2D eigenvalue weighted by atomic mass is 10.0. The van der Waals surface area contributed by atoms with Crippen molar-refractivity contribution >= 4 is 45.9 Å². The van der Waals surface area contributed by atoms with Gasteiger partial charge in [0.15, 0.2) is 0 Å². The van der Waals surface area contributed by atoms with Gasteiger partial charge in [0, 0.05) is 22.0 Å². The predicted octanol–water partition coefficient (Wildman–Crippen LogP) is 6.21. The minimum absolute atomic E-state index is 0.254. The molecule has 1 amide bonds. The standard InChI is InChI=1S/C23H20ClNO3S/c1-3-28-23(27)21-19(17-10-7-15(2)8-11-17)14-29-22(21)25-20(26)12-9-16-5-4-6-18(24)13-16/h4-14H,3H2,1-2H3,(H,25,26). The Balaban J connectivity index is 1.87. The van der Waals surface area contributed by atoms with E-state index in [4.69, 9.17) is 16.3 Å². The quantitative estimate of drug-likeness (QED) is 0.377. The van der Waals surface area contributed by atoms with Gasteiger partial charge in [0.2, 0.25) is 5.91 Å². The van der Waals surface area contributed by atoms with Gasteiger partial charge in [0.05, 0.1) is 6.61 Å². The Hall–Kier alpha value is -2.89. The van der Waals surface area contributed by atoms with Gasteiger partial charge in [-0.3, -0.25) is 4.79 Å². The van der Waals surface area contributed by atoms with Crippen molar-refractivity contribution in [3.63, 3.8) is 0 Å². The summed E-state index contributed by atoms with van der Waals surface area (Å²) in [5.74, 6) is -0.800. The highest BCUT2D eigenvalue weighted by atomic mass is 35.5. The Morgan fingerprint density at radius 2 is 1.93 bits per heavy atom. The van der Waals surface area contributed by atoms with Crippen molar-refractivity contribution in [2.24, 2.45) is 0 Å². The second-order valence-electron chi connectivity index (χ2n) is 6.32. The molecule has 29 heavy (non-hydrogen) atoms. The highest BCUT2D eigenvalue weighted by molar-refractivity contribution is 7.15. The van der Waals surface area contributed by atoms with Crippen LogP contribution in [0.2, 0.25) is 5.02 Å². The fraction of sp³-hybridized carbons (Fsp3) is 0.130. The van der Waals surface area contributed by atoms with E-state index in [-0.39, 0.29) is 12.5 Å². The zero-order chi connectivity index (χ0) is 20.8. The maximum absolute atomic E-state index is 12.6. The van der Waals surface area contributed by atoms with Crippen LogP contribution >= 0.6 is 22.9 Å². The second kappa shape index (κ2) is 9.54. The zero-order valence-corrected chi connectivity index (χ0v) is 17.6. The van der Waals surface area contributed by atoms with Crippen LogP contribution in [0.5, 0.6) is 0 Å². The summed E-state index contributed by atoms with van der Waals surface area (Å²) in [6, 6.07) is 15.0. The van der Waals surface area contributed by atoms with E-state index in [0.717, 1.165) is 22.3 Å². The van der Waals surface area contributed by atoms with E-state index < -0.39 is 5.97 Å². The molecule has 0 bridgehead atoms. The number of hydrogen-bond donors (Lipinski definition) is 1. The molecule has 2 aromatic carbocycles. The van der Waals surface area contributed by atoms with Crippen molar-refractivity contribution in [1.82, 2.24) is 0 Å². The Bertz CT molecular complexity index is 1050. The van der Waals surface area contributed by atoms with Gasteiger partial charge in [-0.2, -0.15) is 0 Å². The molecule has 0 aliphatic carbocycles. The summed E-state index contributed by atoms with van der Waals surface area (Å²) in [7, 11) is 0. The first-order valence-corrected chi connectivity index (χ1v) is 10.3. The van der Waals surface area contributed by atoms with Gasteiger partial charge in [-0.1, -0.05) is 53.6 Å². The fourth-order valence-corrected chi connectivity index (χ4v) is 3.90. The largest absolute Gasteiger partial charge is 0.462 e. The van der Waals surface area contributed by atoms with E-state index in [2.05, 4.69) is 5.32 Å². The lowest BCUT2D eigenvalue weighted by Crippen LogP contribution is -2.12. The third-order valence-corrected chi connectivity index (χ3v) is 5.28. The predicted molar refractivity (Wildman–Crippen MR) is 120 cm³/mol. The number of ether oxygens (including phenoxy) is 1. The number of amides is 1. The fourth-order valence-electron chi connectivity index (χ4n) is 2.74. The third kappa shape index (κ3) is 5.34. The molecule has 3 rings (SSSR count). The first-order chi connectivity index (χ1) is 14.0. The van der Waals surface area contributed by atoms with Crippen molar-refractivity contribution in [2.45, 2.75) is 13.8 Å². The molecule has 0 aliphatic heterocycles. The van der Waals surface area contributed by atoms with Gasteiger partial charge >= 0.3 is 5.97 Å². The minimum Gasteiger partial charge on any atom is -0.462 e. The van der Waals surface area contributed by atoms with Crippen molar-refractivity contribution < 1.29 is 14.3 Å². The van der Waals surface area contributed by atoms with Crippen LogP contribution in [0.15, 0.2) is 60.0 Å². The second-order valence-corrected chi connectivity index (χ2v) is 7.63. The molecular weight excluding hydrogens is 406 g/mol. The van der Waals surface area contributed by atoms with Gasteiger partial charge < -0.3 is 10.1 Å². The van der Waals surface area contributed by atoms with Gasteiger partial charge in [-0.05, 0) is 43.2 Å². The summed E-state index contributed by atoms with van der Waals surface area (Å²) < 4.78 is 5.22. The first kappa shape index (κ1) is 20.8. The molecule has 4 nitrogen and oxygen atoms in total. The van der Waals surface area contributed by atoms with E-state index in [9.17, 15) is 9.59 Å². The van der Waals surface area contributed by atoms with E-state index in [1.807, 2.05) is 48.7 Å². The highest BCUT2D eigenvalue weighted by Crippen LogP contribution is 2.36. The average molecular weight is 426 g/mol. The number of carbonyl (C=O) groups excluding carboxylic acids is 2. The van der Waals surface area contributed by atoms with Crippen LogP contribution in [0.1, 0.15) is 28.4 Å². The van der Waals surface area contributed by atoms with E-state index in [0.29, 0.717) is 15.6 Å². The molecule has 0 fully saturated rings. The lowest BCUT2D eigenvalue weighted by molar-refractivity contribution is -0.111. The molecule has 1 aromatic heterocycles. The van der Waals surface area contributed by atoms with Crippen LogP contribution in [-0.2, 0) is 9.53 Å². The maximum Gasteiger partial charge on any atom is 0.341 e. The Labute approximate surface area is 178 Å². The van der Waals surface area contributed by atoms with Crippen molar-refractivity contribution in [2.75, 3.05) is 11.9 Å². The van der Waals surface area contributed by atoms with Crippen LogP contribution < -0.4 is 5.32 Å². The highest BCUT2D eigenvalue weighted by Gasteiger charge is 2.22. The summed E-state index contributed by atoms with van der Waals surface area (Å²) in [6.07, 6.45) is 3.08. The molecule has 1 heterocycles. The molecule has 3 aromatic rings. The number of nitrogens with one attached hydrogen (secondary N) is 1. The Kier molecular flexibility index (Phi) is 6.86. The number of aryl methyl sites for hydroxylation is 1. The molecule has 0 radical (unpaired) electrons. The molecule has 0 saturated carbocycles. The number of esters is 1. The van der Waals surface area contributed by atoms with E-state index in [1.54, 1.807) is 25.1 Å². The summed E-state index contributed by atoms with van der Waals surface area (Å²) in [4.78, 5) is 25.0. The number of thiophene rings is 1. The first-order valence-electron chi connectivity index (χ1n) is 9.08. The van der Waals surface area contributed by atoms with Gasteiger partial charge in [-0.15, -0.1) is 11.3 Å². The smallest absolute Gasteiger partial charge is 0.341 e. The molecule has 0 spiro atoms. The van der Waals surface area contributed by atoms with Gasteiger partial charge in [-0.25, -0.2) is 4.79 Å². The van der Waals surface area contributed by atoms with Gasteiger partial charge in [0.25, 0.3) is 0 Å². The Morgan fingerprint density at radius 3 is 2.62 bits per heavy atom. The number of halogens is 1. The summed E-state index contributed by atoms with van der Waals surface area (Å²) in [6.45, 7) is 4.01. The molecule has 0 aliphatic rings. The molecule has 6 heteroatoms. The topological polar surface area (TPSA) is 55.4 Å². The van der Waals surface area contributed by atoms with E-state index >= 15 is 0 Å². The van der Waals surface area contributed by atoms with Crippen molar-refractivity contribution in [3.8, 4) is 11.1 Å². The molecule has 0 atom stereocenters. The normalized spacial score (nSPS) is 10.9. The average Bonchev–Trinajstić information content (AvgIpc) is 3.11. The molecule has 148 valence electrons. The van der Waals surface area contributed by atoms with Crippen LogP contribution in [0.4, 0.5) is 5.00 Å². The lowest BCUT2D eigenvalue weighted by Gasteiger charge is -2.08. The van der Waals surface area contributed by atoms with E-state index in [1.165, 1.54) is 17.4 Å². The van der Waals surface area contributed by atoms with Gasteiger partial charge in [0.1, 0.15) is 10.6 Å². The van der Waals surface area contributed by atoms with Crippen LogP contribution in [0, 0.1) is 6.92 Å². The van der Waals surface area contributed by atoms with Crippen molar-refractivity contribution in [3.05, 3.63) is 81.7 Å². The van der Waals surface area contributed by atoms with Crippen LogP contribution in [0.3, 0.4) is 0 Å². The molecule has 0 saturated heterocycles. The maximum atomic E-state index is 12.6. The number of anilines is 1.